The van der Waals surface area contributed by atoms with Crippen LogP contribution in [0.25, 0.3) is 0 Å². The van der Waals surface area contributed by atoms with Crippen molar-refractivity contribution in [3.8, 4) is 0 Å². The molecule has 1 rings (SSSR count). The zero-order valence-corrected chi connectivity index (χ0v) is 15.1. The lowest BCUT2D eigenvalue weighted by Crippen LogP contribution is -2.55. The van der Waals surface area contributed by atoms with Crippen LogP contribution in [0.15, 0.2) is 0 Å². The molecular weight excluding hydrogens is 246 g/mol. The maximum atomic E-state index is 3.65. The van der Waals surface area contributed by atoms with Gasteiger partial charge in [0.05, 0.1) is 0 Å². The summed E-state index contributed by atoms with van der Waals surface area (Å²) in [5.41, 5.74) is 0.856. The second-order valence-corrected chi connectivity index (χ2v) is 9.20. The number of hydrogen-bond acceptors (Lipinski definition) is 3. The molecule has 0 aromatic heterocycles. The van der Waals surface area contributed by atoms with Crippen LogP contribution in [0.3, 0.4) is 0 Å². The Balaban J connectivity index is 2.39. The van der Waals surface area contributed by atoms with Crippen molar-refractivity contribution in [2.75, 3.05) is 39.3 Å². The average molecular weight is 284 g/mol. The summed E-state index contributed by atoms with van der Waals surface area (Å²) in [6.07, 6.45) is 0. The third-order valence-electron chi connectivity index (χ3n) is 4.07. The van der Waals surface area contributed by atoms with Gasteiger partial charge in [-0.1, -0.05) is 13.8 Å². The van der Waals surface area contributed by atoms with Gasteiger partial charge >= 0.3 is 0 Å². The van der Waals surface area contributed by atoms with Crippen LogP contribution in [0.2, 0.25) is 0 Å². The molecule has 1 heterocycles. The van der Waals surface area contributed by atoms with Crippen molar-refractivity contribution in [1.82, 2.24) is 15.1 Å². The van der Waals surface area contributed by atoms with Gasteiger partial charge in [0.1, 0.15) is 0 Å². The number of nitrogens with zero attached hydrogens (tertiary/aromatic N) is 2. The summed E-state index contributed by atoms with van der Waals surface area (Å²) in [5, 5.41) is 3.65. The standard InChI is InChI=1S/C17H37N3/c1-15(2,3)18-13-17(7,8)14-19-9-11-20(12-10-19)16(4,5)6/h18H,9-14H2,1-8H3. The highest BCUT2D eigenvalue weighted by Crippen LogP contribution is 2.21. The Morgan fingerprint density at radius 3 is 1.70 bits per heavy atom. The molecule has 1 aliphatic heterocycles. The Morgan fingerprint density at radius 1 is 0.800 bits per heavy atom. The van der Waals surface area contributed by atoms with E-state index in [0.717, 1.165) is 6.54 Å². The van der Waals surface area contributed by atoms with Gasteiger partial charge in [-0.15, -0.1) is 0 Å². The minimum atomic E-state index is 0.211. The molecule has 0 atom stereocenters. The highest BCUT2D eigenvalue weighted by atomic mass is 15.3. The summed E-state index contributed by atoms with van der Waals surface area (Å²) in [7, 11) is 0. The van der Waals surface area contributed by atoms with Crippen LogP contribution in [0.5, 0.6) is 0 Å². The van der Waals surface area contributed by atoms with Crippen molar-refractivity contribution in [2.45, 2.75) is 66.5 Å². The Labute approximate surface area is 127 Å². The van der Waals surface area contributed by atoms with Crippen LogP contribution in [-0.2, 0) is 0 Å². The van der Waals surface area contributed by atoms with Gasteiger partial charge in [-0.05, 0) is 47.0 Å². The highest BCUT2D eigenvalue weighted by molar-refractivity contribution is 4.86. The summed E-state index contributed by atoms with van der Waals surface area (Å²) < 4.78 is 0. The van der Waals surface area contributed by atoms with Crippen LogP contribution < -0.4 is 5.32 Å². The third kappa shape index (κ3) is 6.55. The second kappa shape index (κ2) is 6.33. The van der Waals surface area contributed by atoms with E-state index in [1.807, 2.05) is 0 Å². The first-order valence-electron chi connectivity index (χ1n) is 8.12. The van der Waals surface area contributed by atoms with Gasteiger partial charge in [0.15, 0.2) is 0 Å². The number of hydrogen-bond donors (Lipinski definition) is 1. The summed E-state index contributed by atoms with van der Waals surface area (Å²) in [4.78, 5) is 5.23. The molecule has 0 aromatic carbocycles. The molecular formula is C17H37N3. The van der Waals surface area contributed by atoms with Gasteiger partial charge in [-0.25, -0.2) is 0 Å². The van der Waals surface area contributed by atoms with E-state index in [9.17, 15) is 0 Å². The lowest BCUT2D eigenvalue weighted by molar-refractivity contribution is 0.0445. The topological polar surface area (TPSA) is 18.5 Å². The zero-order valence-electron chi connectivity index (χ0n) is 15.1. The fraction of sp³-hybridized carbons (Fsp3) is 1.00. The monoisotopic (exact) mass is 283 g/mol. The molecule has 1 saturated heterocycles. The molecule has 3 nitrogen and oxygen atoms in total. The highest BCUT2D eigenvalue weighted by Gasteiger charge is 2.29. The van der Waals surface area contributed by atoms with Gasteiger partial charge in [-0.3, -0.25) is 4.90 Å². The van der Waals surface area contributed by atoms with Crippen molar-refractivity contribution >= 4 is 0 Å². The Bertz CT molecular complexity index is 288. The molecule has 20 heavy (non-hydrogen) atoms. The SMILES string of the molecule is CC(C)(CNC(C)(C)C)CN1CCN(C(C)(C)C)CC1. The van der Waals surface area contributed by atoms with E-state index < -0.39 is 0 Å². The average Bonchev–Trinajstić information content (AvgIpc) is 2.25. The lowest BCUT2D eigenvalue weighted by atomic mass is 9.91. The zero-order chi connectivity index (χ0) is 15.6. The molecule has 1 aliphatic rings. The van der Waals surface area contributed by atoms with Crippen molar-refractivity contribution in [3.05, 3.63) is 0 Å². The van der Waals surface area contributed by atoms with Crippen LogP contribution in [0, 0.1) is 5.41 Å². The molecule has 0 radical (unpaired) electrons. The quantitative estimate of drug-likeness (QED) is 0.856. The number of piperazine rings is 1. The predicted molar refractivity (Wildman–Crippen MR) is 89.3 cm³/mol. The smallest absolute Gasteiger partial charge is 0.0126 e. The lowest BCUT2D eigenvalue weighted by Gasteiger charge is -2.44. The largest absolute Gasteiger partial charge is 0.311 e. The first kappa shape index (κ1) is 17.9. The van der Waals surface area contributed by atoms with E-state index in [2.05, 4.69) is 70.5 Å². The molecule has 0 aliphatic carbocycles. The molecule has 1 N–H and O–H groups in total. The summed E-state index contributed by atoms with van der Waals surface area (Å²) in [5.74, 6) is 0. The van der Waals surface area contributed by atoms with E-state index in [0.29, 0.717) is 11.0 Å². The summed E-state index contributed by atoms with van der Waals surface area (Å²) >= 11 is 0. The van der Waals surface area contributed by atoms with Gasteiger partial charge in [-0.2, -0.15) is 0 Å². The number of rotatable bonds is 4. The van der Waals surface area contributed by atoms with E-state index in [-0.39, 0.29) is 5.54 Å². The van der Waals surface area contributed by atoms with Gasteiger partial charge in [0, 0.05) is 50.3 Å². The second-order valence-electron chi connectivity index (χ2n) is 9.20. The van der Waals surface area contributed by atoms with Crippen LogP contribution >= 0.6 is 0 Å². The molecule has 0 aromatic rings. The van der Waals surface area contributed by atoms with Gasteiger partial charge < -0.3 is 10.2 Å². The van der Waals surface area contributed by atoms with Crippen molar-refractivity contribution in [2.24, 2.45) is 5.41 Å². The normalized spacial score (nSPS) is 20.4. The Kier molecular flexibility index (Phi) is 5.67. The van der Waals surface area contributed by atoms with E-state index in [1.165, 1.54) is 32.7 Å². The Hall–Kier alpha value is -0.120. The molecule has 0 unspecified atom stereocenters. The molecule has 0 spiro atoms. The minimum Gasteiger partial charge on any atom is -0.311 e. The Morgan fingerprint density at radius 2 is 1.30 bits per heavy atom. The molecule has 1 fully saturated rings. The molecule has 120 valence electrons. The summed E-state index contributed by atoms with van der Waals surface area (Å²) in [6.45, 7) is 25.5. The maximum absolute atomic E-state index is 3.65. The predicted octanol–water partition coefficient (Wildman–Crippen LogP) is 2.82. The molecule has 0 amide bonds. The minimum absolute atomic E-state index is 0.211. The molecule has 0 bridgehead atoms. The summed E-state index contributed by atoms with van der Waals surface area (Å²) in [6, 6.07) is 0. The fourth-order valence-corrected chi connectivity index (χ4v) is 2.74. The van der Waals surface area contributed by atoms with Crippen LogP contribution in [0.1, 0.15) is 55.4 Å². The van der Waals surface area contributed by atoms with Crippen molar-refractivity contribution < 1.29 is 0 Å². The van der Waals surface area contributed by atoms with Crippen LogP contribution in [-0.4, -0.2) is 60.1 Å². The maximum Gasteiger partial charge on any atom is 0.0126 e. The first-order chi connectivity index (χ1) is 8.89. The van der Waals surface area contributed by atoms with Gasteiger partial charge in [0.25, 0.3) is 0 Å². The molecule has 0 saturated carbocycles. The van der Waals surface area contributed by atoms with Crippen LogP contribution in [0.4, 0.5) is 0 Å². The van der Waals surface area contributed by atoms with Crippen molar-refractivity contribution in [3.63, 3.8) is 0 Å². The third-order valence-corrected chi connectivity index (χ3v) is 4.07. The number of nitrogens with one attached hydrogen (secondary N) is 1. The van der Waals surface area contributed by atoms with Gasteiger partial charge in [0.2, 0.25) is 0 Å². The van der Waals surface area contributed by atoms with Crippen molar-refractivity contribution in [1.29, 1.82) is 0 Å². The fourth-order valence-electron chi connectivity index (χ4n) is 2.74. The van der Waals surface area contributed by atoms with E-state index in [1.54, 1.807) is 0 Å². The first-order valence-corrected chi connectivity index (χ1v) is 8.12. The molecule has 3 heteroatoms. The van der Waals surface area contributed by atoms with E-state index >= 15 is 0 Å². The van der Waals surface area contributed by atoms with E-state index in [4.69, 9.17) is 0 Å².